The lowest BCUT2D eigenvalue weighted by atomic mass is 10.1. The van der Waals surface area contributed by atoms with E-state index in [0.29, 0.717) is 12.8 Å². The van der Waals surface area contributed by atoms with E-state index in [2.05, 4.69) is 11.9 Å². The minimum atomic E-state index is -0.814. The predicted octanol–water partition coefficient (Wildman–Crippen LogP) is 1.20. The molecule has 0 bridgehead atoms. The molecular weight excluding hydrogens is 222 g/mol. The zero-order chi connectivity index (χ0) is 13.5. The SMILES string of the molecule is C=CCC[C@@H](O)[C@H](CO)NC(=O)OC(C)(C)C. The molecule has 0 spiro atoms. The van der Waals surface area contributed by atoms with E-state index < -0.39 is 23.8 Å². The fourth-order valence-electron chi connectivity index (χ4n) is 1.21. The van der Waals surface area contributed by atoms with Gasteiger partial charge in [0.2, 0.25) is 0 Å². The highest BCUT2D eigenvalue weighted by Crippen LogP contribution is 2.08. The summed E-state index contributed by atoms with van der Waals surface area (Å²) < 4.78 is 5.03. The van der Waals surface area contributed by atoms with Gasteiger partial charge in [0.25, 0.3) is 0 Å². The summed E-state index contributed by atoms with van der Waals surface area (Å²) in [5.41, 5.74) is -0.601. The van der Waals surface area contributed by atoms with Crippen LogP contribution < -0.4 is 5.32 Å². The molecule has 0 aliphatic rings. The molecule has 0 aromatic carbocycles. The molecule has 0 fully saturated rings. The molecule has 0 saturated heterocycles. The van der Waals surface area contributed by atoms with Gasteiger partial charge in [0.05, 0.1) is 18.8 Å². The maximum atomic E-state index is 11.4. The Labute approximate surface area is 102 Å². The predicted molar refractivity (Wildman–Crippen MR) is 65.7 cm³/mol. The van der Waals surface area contributed by atoms with Crippen LogP contribution in [0, 0.1) is 0 Å². The zero-order valence-electron chi connectivity index (χ0n) is 10.8. The van der Waals surface area contributed by atoms with Crippen LogP contribution >= 0.6 is 0 Å². The maximum absolute atomic E-state index is 11.4. The van der Waals surface area contributed by atoms with Gasteiger partial charge in [0.1, 0.15) is 5.60 Å². The number of carbonyl (C=O) groups excluding carboxylic acids is 1. The van der Waals surface area contributed by atoms with Crippen LogP contribution in [0.15, 0.2) is 12.7 Å². The van der Waals surface area contributed by atoms with E-state index in [1.807, 2.05) is 0 Å². The summed E-state index contributed by atoms with van der Waals surface area (Å²) in [5, 5.41) is 21.2. The minimum Gasteiger partial charge on any atom is -0.444 e. The van der Waals surface area contributed by atoms with Crippen molar-refractivity contribution < 1.29 is 19.7 Å². The average Bonchev–Trinajstić information content (AvgIpc) is 2.19. The summed E-state index contributed by atoms with van der Waals surface area (Å²) in [5.74, 6) is 0. The van der Waals surface area contributed by atoms with Gasteiger partial charge in [-0.3, -0.25) is 0 Å². The fraction of sp³-hybridized carbons (Fsp3) is 0.750. The van der Waals surface area contributed by atoms with Crippen molar-refractivity contribution in [1.82, 2.24) is 5.32 Å². The first-order chi connectivity index (χ1) is 7.80. The van der Waals surface area contributed by atoms with Gasteiger partial charge >= 0.3 is 6.09 Å². The van der Waals surface area contributed by atoms with E-state index in [9.17, 15) is 9.90 Å². The Morgan fingerprint density at radius 1 is 1.53 bits per heavy atom. The number of aliphatic hydroxyl groups is 2. The normalized spacial score (nSPS) is 14.9. The van der Waals surface area contributed by atoms with Crippen molar-refractivity contribution >= 4 is 6.09 Å². The van der Waals surface area contributed by atoms with Crippen LogP contribution in [0.25, 0.3) is 0 Å². The van der Waals surface area contributed by atoms with E-state index in [1.165, 1.54) is 0 Å². The number of nitrogens with one attached hydrogen (secondary N) is 1. The van der Waals surface area contributed by atoms with Crippen molar-refractivity contribution in [3.63, 3.8) is 0 Å². The molecule has 1 amide bonds. The lowest BCUT2D eigenvalue weighted by Crippen LogP contribution is -2.47. The van der Waals surface area contributed by atoms with Crippen LogP contribution in [0.4, 0.5) is 4.79 Å². The van der Waals surface area contributed by atoms with E-state index in [-0.39, 0.29) is 6.61 Å². The van der Waals surface area contributed by atoms with Gasteiger partial charge in [0, 0.05) is 0 Å². The summed E-state index contributed by atoms with van der Waals surface area (Å²) in [6.07, 6.45) is 1.27. The Morgan fingerprint density at radius 2 is 2.12 bits per heavy atom. The molecular formula is C12H23NO4. The van der Waals surface area contributed by atoms with Gasteiger partial charge in [-0.2, -0.15) is 0 Å². The molecule has 0 radical (unpaired) electrons. The highest BCUT2D eigenvalue weighted by molar-refractivity contribution is 5.68. The number of alkyl carbamates (subject to hydrolysis) is 1. The molecule has 0 aromatic heterocycles. The largest absolute Gasteiger partial charge is 0.444 e. The number of allylic oxidation sites excluding steroid dienone is 1. The van der Waals surface area contributed by atoms with Crippen LogP contribution in [-0.2, 0) is 4.74 Å². The molecule has 0 heterocycles. The number of hydrogen-bond acceptors (Lipinski definition) is 4. The van der Waals surface area contributed by atoms with Gasteiger partial charge in [-0.1, -0.05) is 6.08 Å². The summed E-state index contributed by atoms with van der Waals surface area (Å²) >= 11 is 0. The topological polar surface area (TPSA) is 78.8 Å². The molecule has 5 nitrogen and oxygen atoms in total. The molecule has 100 valence electrons. The second kappa shape index (κ2) is 7.29. The molecule has 5 heteroatoms. The third-order valence-corrected chi connectivity index (χ3v) is 2.03. The van der Waals surface area contributed by atoms with Crippen molar-refractivity contribution in [2.24, 2.45) is 0 Å². The maximum Gasteiger partial charge on any atom is 0.408 e. The monoisotopic (exact) mass is 245 g/mol. The second-order valence-corrected chi connectivity index (χ2v) is 4.87. The van der Waals surface area contributed by atoms with Gasteiger partial charge in [-0.15, -0.1) is 6.58 Å². The lowest BCUT2D eigenvalue weighted by Gasteiger charge is -2.25. The fourth-order valence-corrected chi connectivity index (χ4v) is 1.21. The highest BCUT2D eigenvalue weighted by atomic mass is 16.6. The van der Waals surface area contributed by atoms with E-state index in [1.54, 1.807) is 26.8 Å². The van der Waals surface area contributed by atoms with Crippen molar-refractivity contribution in [3.8, 4) is 0 Å². The summed E-state index contributed by atoms with van der Waals surface area (Å²) in [6.45, 7) is 8.44. The van der Waals surface area contributed by atoms with Crippen molar-refractivity contribution in [2.75, 3.05) is 6.61 Å². The standard InChI is InChI=1S/C12H23NO4/c1-5-6-7-10(15)9(8-14)13-11(16)17-12(2,3)4/h5,9-10,14-15H,1,6-8H2,2-4H3,(H,13,16)/t9-,10+/m0/s1. The van der Waals surface area contributed by atoms with Crippen LogP contribution in [0.1, 0.15) is 33.6 Å². The Kier molecular flexibility index (Phi) is 6.83. The quantitative estimate of drug-likeness (QED) is 0.614. The number of hydrogen-bond donors (Lipinski definition) is 3. The Bertz CT molecular complexity index is 247. The number of amides is 1. The van der Waals surface area contributed by atoms with E-state index >= 15 is 0 Å². The lowest BCUT2D eigenvalue weighted by molar-refractivity contribution is 0.0340. The van der Waals surface area contributed by atoms with Crippen LogP contribution in [0.3, 0.4) is 0 Å². The van der Waals surface area contributed by atoms with Gasteiger partial charge in [0.15, 0.2) is 0 Å². The Balaban J connectivity index is 4.20. The third-order valence-electron chi connectivity index (χ3n) is 2.03. The second-order valence-electron chi connectivity index (χ2n) is 4.87. The first-order valence-corrected chi connectivity index (χ1v) is 5.69. The number of rotatable bonds is 6. The summed E-state index contributed by atoms with van der Waals surface area (Å²) in [7, 11) is 0. The van der Waals surface area contributed by atoms with Crippen molar-refractivity contribution in [3.05, 3.63) is 12.7 Å². The smallest absolute Gasteiger partial charge is 0.408 e. The molecule has 0 unspecified atom stereocenters. The van der Waals surface area contributed by atoms with Crippen LogP contribution in [0.5, 0.6) is 0 Å². The van der Waals surface area contributed by atoms with Gasteiger partial charge in [-0.25, -0.2) is 4.79 Å². The van der Waals surface area contributed by atoms with Gasteiger partial charge < -0.3 is 20.3 Å². The number of ether oxygens (including phenoxy) is 1. The Morgan fingerprint density at radius 3 is 2.53 bits per heavy atom. The molecule has 0 rings (SSSR count). The van der Waals surface area contributed by atoms with Crippen LogP contribution in [0.2, 0.25) is 0 Å². The molecule has 0 aliphatic carbocycles. The molecule has 3 N–H and O–H groups in total. The van der Waals surface area contributed by atoms with E-state index in [4.69, 9.17) is 9.84 Å². The first-order valence-electron chi connectivity index (χ1n) is 5.69. The third kappa shape index (κ3) is 7.76. The minimum absolute atomic E-state index is 0.336. The summed E-state index contributed by atoms with van der Waals surface area (Å²) in [4.78, 5) is 11.4. The highest BCUT2D eigenvalue weighted by Gasteiger charge is 2.23. The van der Waals surface area contributed by atoms with Crippen LogP contribution in [-0.4, -0.2) is 40.7 Å². The molecule has 17 heavy (non-hydrogen) atoms. The molecule has 0 aromatic rings. The Hall–Kier alpha value is -1.07. The number of aliphatic hydroxyl groups excluding tert-OH is 2. The molecule has 0 saturated carbocycles. The van der Waals surface area contributed by atoms with Crippen molar-refractivity contribution in [2.45, 2.75) is 51.4 Å². The molecule has 2 atom stereocenters. The van der Waals surface area contributed by atoms with Gasteiger partial charge in [-0.05, 0) is 33.6 Å². The van der Waals surface area contributed by atoms with E-state index in [0.717, 1.165) is 0 Å². The number of carbonyl (C=O) groups is 1. The van der Waals surface area contributed by atoms with Crippen molar-refractivity contribution in [1.29, 1.82) is 0 Å². The zero-order valence-corrected chi connectivity index (χ0v) is 10.8. The molecule has 0 aliphatic heterocycles. The average molecular weight is 245 g/mol. The summed E-state index contributed by atoms with van der Waals surface area (Å²) in [6, 6.07) is -0.718. The first kappa shape index (κ1) is 15.9.